The average molecular weight is 312 g/mol. The third kappa shape index (κ3) is 2.94. The fourth-order valence-corrected chi connectivity index (χ4v) is 2.81. The Labute approximate surface area is 140 Å². The maximum atomic E-state index is 4.12. The maximum absolute atomic E-state index is 4.12. The van der Waals surface area contributed by atoms with Crippen molar-refractivity contribution in [2.45, 2.75) is 0 Å². The van der Waals surface area contributed by atoms with E-state index < -0.39 is 0 Å². The zero-order valence-electron chi connectivity index (χ0n) is 13.1. The molecule has 4 heteroatoms. The molecule has 4 heterocycles. The molecular formula is C20H16N4. The Balaban J connectivity index is 1.79. The predicted octanol–water partition coefficient (Wildman–Crippen LogP) is 3.82. The van der Waals surface area contributed by atoms with E-state index >= 15 is 0 Å². The second-order valence-corrected chi connectivity index (χ2v) is 5.56. The van der Waals surface area contributed by atoms with Gasteiger partial charge in [0, 0.05) is 55.6 Å². The average Bonchev–Trinajstić information content (AvgIpc) is 2.70. The van der Waals surface area contributed by atoms with E-state index in [9.17, 15) is 0 Å². The monoisotopic (exact) mass is 312 g/mol. The fraction of sp³-hybridized carbons (Fsp3) is 0.0500. The summed E-state index contributed by atoms with van der Waals surface area (Å²) in [5.74, 6) is 0. The van der Waals surface area contributed by atoms with Crippen molar-refractivity contribution < 1.29 is 0 Å². The fourth-order valence-electron chi connectivity index (χ4n) is 2.81. The van der Waals surface area contributed by atoms with E-state index in [4.69, 9.17) is 0 Å². The Morgan fingerprint density at radius 1 is 0.667 bits per heavy atom. The summed E-state index contributed by atoms with van der Waals surface area (Å²) in [5, 5.41) is 0. The van der Waals surface area contributed by atoms with Gasteiger partial charge in [0.05, 0.1) is 0 Å². The summed E-state index contributed by atoms with van der Waals surface area (Å²) in [6, 6.07) is 12.2. The molecule has 0 fully saturated rings. The summed E-state index contributed by atoms with van der Waals surface area (Å²) in [4.78, 5) is 14.6. The number of hydrogen-bond donors (Lipinski definition) is 0. The van der Waals surface area contributed by atoms with Gasteiger partial charge in [-0.2, -0.15) is 0 Å². The number of rotatable bonds is 3. The minimum absolute atomic E-state index is 0.808. The van der Waals surface area contributed by atoms with Crippen LogP contribution in [0.3, 0.4) is 0 Å². The van der Waals surface area contributed by atoms with Gasteiger partial charge in [0.25, 0.3) is 0 Å². The molecule has 0 aromatic carbocycles. The number of aromatic nitrogens is 3. The van der Waals surface area contributed by atoms with Crippen LogP contribution in [0.2, 0.25) is 0 Å². The number of nitrogens with zero attached hydrogens (tertiary/aromatic N) is 4. The highest BCUT2D eigenvalue weighted by Gasteiger charge is 2.16. The van der Waals surface area contributed by atoms with Crippen LogP contribution >= 0.6 is 0 Å². The van der Waals surface area contributed by atoms with Gasteiger partial charge in [0.1, 0.15) is 0 Å². The van der Waals surface area contributed by atoms with E-state index in [0.29, 0.717) is 0 Å². The Bertz CT molecular complexity index is 871. The molecule has 0 unspecified atom stereocenters. The molecule has 3 aromatic rings. The van der Waals surface area contributed by atoms with Gasteiger partial charge in [0.15, 0.2) is 0 Å². The van der Waals surface area contributed by atoms with Gasteiger partial charge < -0.3 is 4.90 Å². The molecule has 0 N–H and O–H groups in total. The zero-order valence-corrected chi connectivity index (χ0v) is 13.1. The van der Waals surface area contributed by atoms with Gasteiger partial charge >= 0.3 is 0 Å². The number of anilines is 1. The third-order valence-corrected chi connectivity index (χ3v) is 4.02. The van der Waals surface area contributed by atoms with Gasteiger partial charge in [-0.25, -0.2) is 0 Å². The molecule has 1 aliphatic rings. The summed E-state index contributed by atoms with van der Waals surface area (Å²) in [7, 11) is 0. The van der Waals surface area contributed by atoms with Crippen molar-refractivity contribution in [1.82, 2.24) is 15.0 Å². The lowest BCUT2D eigenvalue weighted by atomic mass is 9.97. The van der Waals surface area contributed by atoms with Gasteiger partial charge in [-0.05, 0) is 64.7 Å². The van der Waals surface area contributed by atoms with Crippen LogP contribution < -0.4 is 4.90 Å². The van der Waals surface area contributed by atoms with Crippen molar-refractivity contribution in [2.24, 2.45) is 0 Å². The molecule has 0 saturated carbocycles. The van der Waals surface area contributed by atoms with E-state index in [0.717, 1.165) is 23.4 Å². The molecule has 0 amide bonds. The summed E-state index contributed by atoms with van der Waals surface area (Å²) in [6.45, 7) is 0.808. The molecule has 4 nitrogen and oxygen atoms in total. The third-order valence-electron chi connectivity index (χ3n) is 4.02. The standard InChI is InChI=1S/C20H16N4/c1-7-21-8-2-16(1)18-13-19(17-3-9-22-10-4-17)15-24(14-18)20-5-11-23-12-6-20/h1-14H,15H2. The second-order valence-electron chi connectivity index (χ2n) is 5.56. The summed E-state index contributed by atoms with van der Waals surface area (Å²) in [6.07, 6.45) is 15.4. The molecule has 0 aliphatic carbocycles. The van der Waals surface area contributed by atoms with E-state index in [-0.39, 0.29) is 0 Å². The Kier molecular flexibility index (Phi) is 3.86. The lowest BCUT2D eigenvalue weighted by molar-refractivity contribution is 1.08. The first-order valence-electron chi connectivity index (χ1n) is 7.80. The highest BCUT2D eigenvalue weighted by Crippen LogP contribution is 2.30. The Hall–Kier alpha value is -3.27. The first-order valence-corrected chi connectivity index (χ1v) is 7.80. The first kappa shape index (κ1) is 14.3. The molecule has 0 bridgehead atoms. The van der Waals surface area contributed by atoms with Gasteiger partial charge in [-0.15, -0.1) is 0 Å². The van der Waals surface area contributed by atoms with Crippen molar-refractivity contribution in [2.75, 3.05) is 11.4 Å². The molecule has 0 spiro atoms. The molecule has 0 saturated heterocycles. The molecular weight excluding hydrogens is 296 g/mol. The molecule has 3 aromatic heterocycles. The molecule has 116 valence electrons. The Morgan fingerprint density at radius 3 is 1.83 bits per heavy atom. The van der Waals surface area contributed by atoms with E-state index in [2.05, 4.69) is 32.1 Å². The largest absolute Gasteiger partial charge is 0.343 e. The molecule has 0 radical (unpaired) electrons. The first-order chi connectivity index (χ1) is 11.9. The summed E-state index contributed by atoms with van der Waals surface area (Å²) >= 11 is 0. The quantitative estimate of drug-likeness (QED) is 0.737. The summed E-state index contributed by atoms with van der Waals surface area (Å²) < 4.78 is 0. The smallest absolute Gasteiger partial charge is 0.0482 e. The van der Waals surface area contributed by atoms with E-state index in [1.54, 1.807) is 0 Å². The minimum Gasteiger partial charge on any atom is -0.343 e. The van der Waals surface area contributed by atoms with Crippen molar-refractivity contribution in [3.63, 3.8) is 0 Å². The minimum atomic E-state index is 0.808. The van der Waals surface area contributed by atoms with Crippen molar-refractivity contribution in [1.29, 1.82) is 0 Å². The van der Waals surface area contributed by atoms with Crippen LogP contribution in [0, 0.1) is 0 Å². The normalized spacial score (nSPS) is 14.1. The lowest BCUT2D eigenvalue weighted by Crippen LogP contribution is -2.22. The SMILES string of the molecule is C1=C(c2ccncc2)C=C(c2ccncc2)CN1c1ccncc1. The van der Waals surface area contributed by atoms with Crippen LogP contribution in [0.25, 0.3) is 11.1 Å². The van der Waals surface area contributed by atoms with Crippen LogP contribution in [-0.2, 0) is 0 Å². The second kappa shape index (κ2) is 6.46. The highest BCUT2D eigenvalue weighted by atomic mass is 15.1. The van der Waals surface area contributed by atoms with E-state index in [1.807, 2.05) is 73.6 Å². The number of pyridine rings is 3. The van der Waals surface area contributed by atoms with Crippen molar-refractivity contribution >= 4 is 16.8 Å². The molecule has 1 aliphatic heterocycles. The van der Waals surface area contributed by atoms with Gasteiger partial charge in [-0.3, -0.25) is 15.0 Å². The van der Waals surface area contributed by atoms with Crippen molar-refractivity contribution in [3.05, 3.63) is 97.0 Å². The van der Waals surface area contributed by atoms with E-state index in [1.165, 1.54) is 11.1 Å². The molecule has 24 heavy (non-hydrogen) atoms. The van der Waals surface area contributed by atoms with Crippen LogP contribution in [0.1, 0.15) is 11.1 Å². The predicted molar refractivity (Wildman–Crippen MR) is 96.0 cm³/mol. The molecule has 0 atom stereocenters. The zero-order chi connectivity index (χ0) is 16.2. The van der Waals surface area contributed by atoms with Crippen LogP contribution in [-0.4, -0.2) is 21.5 Å². The summed E-state index contributed by atoms with van der Waals surface area (Å²) in [5.41, 5.74) is 5.87. The number of allylic oxidation sites excluding steroid dienone is 2. The van der Waals surface area contributed by atoms with Crippen LogP contribution in [0.15, 0.2) is 85.9 Å². The maximum Gasteiger partial charge on any atom is 0.0482 e. The van der Waals surface area contributed by atoms with Crippen LogP contribution in [0.5, 0.6) is 0 Å². The lowest BCUT2D eigenvalue weighted by Gasteiger charge is -2.27. The Morgan fingerprint density at radius 2 is 1.21 bits per heavy atom. The highest BCUT2D eigenvalue weighted by molar-refractivity contribution is 5.89. The number of hydrogen-bond acceptors (Lipinski definition) is 4. The van der Waals surface area contributed by atoms with Gasteiger partial charge in [0.2, 0.25) is 0 Å². The molecule has 4 rings (SSSR count). The topological polar surface area (TPSA) is 41.9 Å². The van der Waals surface area contributed by atoms with Gasteiger partial charge in [-0.1, -0.05) is 0 Å². The van der Waals surface area contributed by atoms with Crippen LogP contribution in [0.4, 0.5) is 5.69 Å². The van der Waals surface area contributed by atoms with Crippen molar-refractivity contribution in [3.8, 4) is 0 Å².